The van der Waals surface area contributed by atoms with E-state index in [1.165, 1.54) is 12.1 Å². The van der Waals surface area contributed by atoms with E-state index in [2.05, 4.69) is 0 Å². The molecule has 2 N–H and O–H groups in total. The summed E-state index contributed by atoms with van der Waals surface area (Å²) in [6.07, 6.45) is 0.170. The molecule has 0 aliphatic heterocycles. The molecule has 0 saturated heterocycles. The van der Waals surface area contributed by atoms with Crippen LogP contribution in [0.5, 0.6) is 11.5 Å². The van der Waals surface area contributed by atoms with Gasteiger partial charge in [0.2, 0.25) is 15.9 Å². The number of ether oxygens (including phenoxy) is 2. The van der Waals surface area contributed by atoms with E-state index < -0.39 is 10.0 Å². The lowest BCUT2D eigenvalue weighted by Gasteiger charge is -2.26. The minimum absolute atomic E-state index is 0.0374. The van der Waals surface area contributed by atoms with Crippen LogP contribution in [-0.4, -0.2) is 40.5 Å². The van der Waals surface area contributed by atoms with Crippen molar-refractivity contribution in [3.05, 3.63) is 53.6 Å². The van der Waals surface area contributed by atoms with Crippen molar-refractivity contribution in [3.8, 4) is 11.5 Å². The normalized spacial score (nSPS) is 12.3. The van der Waals surface area contributed by atoms with Gasteiger partial charge in [-0.2, -0.15) is 0 Å². The van der Waals surface area contributed by atoms with E-state index in [4.69, 9.17) is 14.6 Å². The van der Waals surface area contributed by atoms with Crippen LogP contribution in [0.2, 0.25) is 0 Å². The smallest absolute Gasteiger partial charge is 0.238 e. The van der Waals surface area contributed by atoms with Gasteiger partial charge in [-0.05, 0) is 30.7 Å². The zero-order chi connectivity index (χ0) is 20.2. The fourth-order valence-corrected chi connectivity index (χ4v) is 3.18. The summed E-state index contributed by atoms with van der Waals surface area (Å²) in [5.41, 5.74) is 1.56. The molecule has 0 spiro atoms. The molecule has 146 valence electrons. The summed E-state index contributed by atoms with van der Waals surface area (Å²) >= 11 is 0. The standard InChI is InChI=1S/C19H24N2O5S/c1-13(14-6-9-17(10-7-14)27(20,23)24)21(2)19(22)11-15-5-8-16(25-3)12-18(15)26-4/h5-10,12-13H,11H2,1-4H3,(H2,20,23,24)/t13-/m0/s1. The number of nitrogens with two attached hydrogens (primary N) is 1. The Hall–Kier alpha value is -2.58. The number of hydrogen-bond acceptors (Lipinski definition) is 5. The molecule has 2 aromatic rings. The number of benzene rings is 2. The van der Waals surface area contributed by atoms with Crippen molar-refractivity contribution < 1.29 is 22.7 Å². The quantitative estimate of drug-likeness (QED) is 0.778. The number of primary sulfonamides is 1. The number of carbonyl (C=O) groups excluding carboxylic acids is 1. The van der Waals surface area contributed by atoms with Crippen molar-refractivity contribution in [1.29, 1.82) is 0 Å². The van der Waals surface area contributed by atoms with E-state index in [0.29, 0.717) is 11.5 Å². The molecule has 1 atom stereocenters. The van der Waals surface area contributed by atoms with Gasteiger partial charge in [-0.15, -0.1) is 0 Å². The molecule has 27 heavy (non-hydrogen) atoms. The molecule has 7 nitrogen and oxygen atoms in total. The number of rotatable bonds is 7. The lowest BCUT2D eigenvalue weighted by Crippen LogP contribution is -2.31. The van der Waals surface area contributed by atoms with Gasteiger partial charge in [0.15, 0.2) is 0 Å². The van der Waals surface area contributed by atoms with Gasteiger partial charge in [0.05, 0.1) is 31.6 Å². The van der Waals surface area contributed by atoms with Crippen molar-refractivity contribution >= 4 is 15.9 Å². The van der Waals surface area contributed by atoms with Crippen molar-refractivity contribution in [1.82, 2.24) is 4.90 Å². The lowest BCUT2D eigenvalue weighted by atomic mass is 10.1. The zero-order valence-electron chi connectivity index (χ0n) is 15.8. The van der Waals surface area contributed by atoms with Crippen molar-refractivity contribution in [2.75, 3.05) is 21.3 Å². The molecule has 0 radical (unpaired) electrons. The topological polar surface area (TPSA) is 98.9 Å². The second kappa shape index (κ2) is 8.41. The van der Waals surface area contributed by atoms with Crippen molar-refractivity contribution in [3.63, 3.8) is 0 Å². The molecule has 0 fully saturated rings. The van der Waals surface area contributed by atoms with Gasteiger partial charge in [-0.25, -0.2) is 13.6 Å². The second-order valence-corrected chi connectivity index (χ2v) is 7.71. The van der Waals surface area contributed by atoms with Crippen molar-refractivity contribution in [2.45, 2.75) is 24.3 Å². The third kappa shape index (κ3) is 4.99. The summed E-state index contributed by atoms with van der Waals surface area (Å²) in [5, 5.41) is 5.11. The third-order valence-electron chi connectivity index (χ3n) is 4.50. The van der Waals surface area contributed by atoms with Crippen LogP contribution in [0.3, 0.4) is 0 Å². The first kappa shape index (κ1) is 20.7. The highest BCUT2D eigenvalue weighted by Gasteiger charge is 2.20. The summed E-state index contributed by atoms with van der Waals surface area (Å²) < 4.78 is 33.2. The summed E-state index contributed by atoms with van der Waals surface area (Å²) in [4.78, 5) is 14.3. The van der Waals surface area contributed by atoms with Crippen LogP contribution >= 0.6 is 0 Å². The van der Waals surface area contributed by atoms with Gasteiger partial charge in [0, 0.05) is 18.7 Å². The van der Waals surface area contributed by atoms with Crippen molar-refractivity contribution in [2.24, 2.45) is 5.14 Å². The molecule has 8 heteroatoms. The summed E-state index contributed by atoms with van der Waals surface area (Å²) in [6.45, 7) is 1.87. The van der Waals surface area contributed by atoms with Crippen LogP contribution in [-0.2, 0) is 21.2 Å². The molecule has 0 aromatic heterocycles. The first-order chi connectivity index (χ1) is 12.7. The second-order valence-electron chi connectivity index (χ2n) is 6.15. The first-order valence-electron chi connectivity index (χ1n) is 8.26. The number of carbonyl (C=O) groups is 1. The highest BCUT2D eigenvalue weighted by molar-refractivity contribution is 7.89. The molecule has 2 aromatic carbocycles. The van der Waals surface area contributed by atoms with Crippen LogP contribution in [0.25, 0.3) is 0 Å². The van der Waals surface area contributed by atoms with E-state index in [1.54, 1.807) is 56.5 Å². The number of sulfonamides is 1. The minimum atomic E-state index is -3.74. The molecule has 1 amide bonds. The van der Waals surface area contributed by atoms with Gasteiger partial charge in [0.25, 0.3) is 0 Å². The molecule has 0 aliphatic carbocycles. The monoisotopic (exact) mass is 392 g/mol. The largest absolute Gasteiger partial charge is 0.497 e. The maximum atomic E-state index is 12.7. The summed E-state index contributed by atoms with van der Waals surface area (Å²) in [5.74, 6) is 1.14. The predicted molar refractivity (Wildman–Crippen MR) is 102 cm³/mol. The van der Waals surface area contributed by atoms with Crippen LogP contribution < -0.4 is 14.6 Å². The number of nitrogens with zero attached hydrogens (tertiary/aromatic N) is 1. The van der Waals surface area contributed by atoms with E-state index in [-0.39, 0.29) is 23.3 Å². The number of amides is 1. The Morgan fingerprint density at radius 2 is 1.74 bits per heavy atom. The number of likely N-dealkylation sites (N-methyl/N-ethyl adjacent to an activating group) is 1. The molecular weight excluding hydrogens is 368 g/mol. The maximum absolute atomic E-state index is 12.7. The Bertz CT molecular complexity index is 910. The Morgan fingerprint density at radius 3 is 2.26 bits per heavy atom. The summed E-state index contributed by atoms with van der Waals surface area (Å²) in [6, 6.07) is 11.3. The lowest BCUT2D eigenvalue weighted by molar-refractivity contribution is -0.131. The molecule has 0 aliphatic rings. The van der Waals surface area contributed by atoms with Crippen LogP contribution in [0.1, 0.15) is 24.1 Å². The molecular formula is C19H24N2O5S. The van der Waals surface area contributed by atoms with Gasteiger partial charge in [-0.1, -0.05) is 18.2 Å². The van der Waals surface area contributed by atoms with Crippen LogP contribution in [0, 0.1) is 0 Å². The van der Waals surface area contributed by atoms with E-state index in [0.717, 1.165) is 11.1 Å². The number of hydrogen-bond donors (Lipinski definition) is 1. The molecule has 0 unspecified atom stereocenters. The average Bonchev–Trinajstić information content (AvgIpc) is 2.66. The SMILES string of the molecule is COc1ccc(CC(=O)N(C)[C@@H](C)c2ccc(S(N)(=O)=O)cc2)c(OC)c1. The highest BCUT2D eigenvalue weighted by Crippen LogP contribution is 2.27. The molecule has 0 heterocycles. The predicted octanol–water partition coefficient (Wildman–Crippen LogP) is 2.11. The zero-order valence-corrected chi connectivity index (χ0v) is 16.6. The number of methoxy groups -OCH3 is 2. The molecule has 0 bridgehead atoms. The maximum Gasteiger partial charge on any atom is 0.238 e. The molecule has 2 rings (SSSR count). The Kier molecular flexibility index (Phi) is 6.45. The van der Waals surface area contributed by atoms with E-state index >= 15 is 0 Å². The third-order valence-corrected chi connectivity index (χ3v) is 5.43. The average molecular weight is 392 g/mol. The molecule has 0 saturated carbocycles. The van der Waals surface area contributed by atoms with E-state index in [9.17, 15) is 13.2 Å². The van der Waals surface area contributed by atoms with Crippen LogP contribution in [0.4, 0.5) is 0 Å². The van der Waals surface area contributed by atoms with Gasteiger partial charge >= 0.3 is 0 Å². The van der Waals surface area contributed by atoms with Gasteiger partial charge < -0.3 is 14.4 Å². The van der Waals surface area contributed by atoms with E-state index in [1.807, 2.05) is 6.92 Å². The fourth-order valence-electron chi connectivity index (χ4n) is 2.66. The first-order valence-corrected chi connectivity index (χ1v) is 9.81. The fraction of sp³-hybridized carbons (Fsp3) is 0.316. The highest BCUT2D eigenvalue weighted by atomic mass is 32.2. The van der Waals surface area contributed by atoms with Gasteiger partial charge in [-0.3, -0.25) is 4.79 Å². The van der Waals surface area contributed by atoms with Crippen LogP contribution in [0.15, 0.2) is 47.4 Å². The Morgan fingerprint density at radius 1 is 1.11 bits per heavy atom. The van der Waals surface area contributed by atoms with Gasteiger partial charge in [0.1, 0.15) is 11.5 Å². The Balaban J connectivity index is 2.15. The minimum Gasteiger partial charge on any atom is -0.497 e. The summed E-state index contributed by atoms with van der Waals surface area (Å²) in [7, 11) is 1.07. The Labute approximate surface area is 159 Å².